The van der Waals surface area contributed by atoms with Crippen LogP contribution in [0.3, 0.4) is 0 Å². The summed E-state index contributed by atoms with van der Waals surface area (Å²) >= 11 is 3.24. The summed E-state index contributed by atoms with van der Waals surface area (Å²) in [5.41, 5.74) is 0.721. The third-order valence-corrected chi connectivity index (χ3v) is 1.75. The van der Waals surface area contributed by atoms with Crippen molar-refractivity contribution in [3.63, 3.8) is 0 Å². The predicted molar refractivity (Wildman–Crippen MR) is 44.8 cm³/mol. The number of hydrogen-bond donors (Lipinski definition) is 0. The van der Waals surface area contributed by atoms with Gasteiger partial charge >= 0.3 is 0 Å². The molecule has 1 rings (SSSR count). The quantitative estimate of drug-likeness (QED) is 0.561. The molecule has 1 aromatic carbocycles. The topological polar surface area (TPSA) is 43.1 Å². The Morgan fingerprint density at radius 1 is 1.36 bits per heavy atom. The highest BCUT2D eigenvalue weighted by molar-refractivity contribution is 9.10. The molecule has 0 bridgehead atoms. The van der Waals surface area contributed by atoms with Crippen LogP contribution in [0.2, 0.25) is 0 Å². The van der Waals surface area contributed by atoms with E-state index in [1.807, 2.05) is 0 Å². The van der Waals surface area contributed by atoms with Crippen LogP contribution in [0.1, 0.15) is 5.56 Å². The molecule has 1 aromatic rings. The number of halogens is 1. The van der Waals surface area contributed by atoms with Gasteiger partial charge < -0.3 is 0 Å². The van der Waals surface area contributed by atoms with Gasteiger partial charge in [0.05, 0.1) is 0 Å². The minimum Gasteiger partial charge on any atom is -0.264 e. The molecule has 4 heteroatoms. The van der Waals surface area contributed by atoms with Gasteiger partial charge in [-0.3, -0.25) is 10.1 Å². The lowest BCUT2D eigenvalue weighted by molar-refractivity contribution is -0.496. The number of nitro groups is 1. The Hall–Kier alpha value is -0.900. The first kappa shape index (κ1) is 8.20. The van der Waals surface area contributed by atoms with Crippen molar-refractivity contribution < 1.29 is 4.92 Å². The maximum Gasteiger partial charge on any atom is 0.228 e. The van der Waals surface area contributed by atoms with Crippen molar-refractivity contribution in [2.75, 3.05) is 0 Å². The van der Waals surface area contributed by atoms with Gasteiger partial charge in [0.15, 0.2) is 0 Å². The fourth-order valence-electron chi connectivity index (χ4n) is 0.739. The van der Waals surface area contributed by atoms with E-state index in [1.165, 1.54) is 0 Å². The standard InChI is InChI=1S/C7H6BrNO2/c8-7-3-1-6(2-4-7)5-9(10)11/h1-4H,5H2. The van der Waals surface area contributed by atoms with Crippen molar-refractivity contribution in [3.05, 3.63) is 44.4 Å². The molecule has 0 unspecified atom stereocenters. The van der Waals surface area contributed by atoms with Gasteiger partial charge in [0.2, 0.25) is 6.54 Å². The van der Waals surface area contributed by atoms with Gasteiger partial charge in [0.25, 0.3) is 0 Å². The Kier molecular flexibility index (Phi) is 2.59. The molecule has 0 aliphatic rings. The highest BCUT2D eigenvalue weighted by Crippen LogP contribution is 2.10. The van der Waals surface area contributed by atoms with Crippen LogP contribution in [0.15, 0.2) is 28.7 Å². The summed E-state index contributed by atoms with van der Waals surface area (Å²) in [6, 6.07) is 7.04. The zero-order valence-electron chi connectivity index (χ0n) is 5.66. The Labute approximate surface area is 72.3 Å². The van der Waals surface area contributed by atoms with Crippen LogP contribution in [0, 0.1) is 10.1 Å². The average Bonchev–Trinajstić information content (AvgIpc) is 1.93. The molecule has 0 atom stereocenters. The van der Waals surface area contributed by atoms with Crippen LogP contribution in [-0.4, -0.2) is 4.92 Å². The molecule has 0 N–H and O–H groups in total. The molecule has 0 aromatic heterocycles. The molecule has 0 aliphatic carbocycles. The lowest BCUT2D eigenvalue weighted by atomic mass is 10.2. The van der Waals surface area contributed by atoms with Crippen LogP contribution in [0.25, 0.3) is 0 Å². The highest BCUT2D eigenvalue weighted by Gasteiger charge is 1.98. The average molecular weight is 216 g/mol. The van der Waals surface area contributed by atoms with E-state index in [4.69, 9.17) is 0 Å². The molecule has 11 heavy (non-hydrogen) atoms. The second-order valence-corrected chi connectivity index (χ2v) is 3.03. The van der Waals surface area contributed by atoms with Crippen molar-refractivity contribution in [2.24, 2.45) is 0 Å². The summed E-state index contributed by atoms with van der Waals surface area (Å²) in [6.07, 6.45) is 0. The Morgan fingerprint density at radius 3 is 2.36 bits per heavy atom. The molecule has 0 fully saturated rings. The summed E-state index contributed by atoms with van der Waals surface area (Å²) in [5, 5.41) is 10.0. The number of nitrogens with zero attached hydrogens (tertiary/aromatic N) is 1. The van der Waals surface area contributed by atoms with E-state index in [2.05, 4.69) is 15.9 Å². The Balaban J connectivity index is 2.74. The monoisotopic (exact) mass is 215 g/mol. The molecule has 3 nitrogen and oxygen atoms in total. The molecule has 0 spiro atoms. The molecule has 0 aliphatic heterocycles. The van der Waals surface area contributed by atoms with Gasteiger partial charge in [-0.1, -0.05) is 28.1 Å². The number of benzene rings is 1. The second-order valence-electron chi connectivity index (χ2n) is 2.12. The van der Waals surface area contributed by atoms with E-state index in [9.17, 15) is 10.1 Å². The predicted octanol–water partition coefficient (Wildman–Crippen LogP) is 2.23. The van der Waals surface area contributed by atoms with E-state index >= 15 is 0 Å². The van der Waals surface area contributed by atoms with Gasteiger partial charge in [0, 0.05) is 15.0 Å². The lowest BCUT2D eigenvalue weighted by Gasteiger charge is -1.93. The fraction of sp³-hybridized carbons (Fsp3) is 0.143. The zero-order chi connectivity index (χ0) is 8.27. The van der Waals surface area contributed by atoms with Crippen LogP contribution < -0.4 is 0 Å². The molecule has 0 radical (unpaired) electrons. The molecule has 58 valence electrons. The first-order chi connectivity index (χ1) is 5.18. The summed E-state index contributed by atoms with van der Waals surface area (Å²) in [7, 11) is 0. The Morgan fingerprint density at radius 2 is 1.91 bits per heavy atom. The first-order valence-corrected chi connectivity index (χ1v) is 3.84. The Bertz CT molecular complexity index is 258. The summed E-state index contributed by atoms with van der Waals surface area (Å²) in [5.74, 6) is 0. The van der Waals surface area contributed by atoms with Crippen molar-refractivity contribution in [3.8, 4) is 0 Å². The van der Waals surface area contributed by atoms with E-state index in [0.717, 1.165) is 10.0 Å². The zero-order valence-corrected chi connectivity index (χ0v) is 7.24. The van der Waals surface area contributed by atoms with E-state index < -0.39 is 0 Å². The van der Waals surface area contributed by atoms with Crippen LogP contribution >= 0.6 is 15.9 Å². The molecule has 0 amide bonds. The first-order valence-electron chi connectivity index (χ1n) is 3.05. The minimum absolute atomic E-state index is 0.104. The minimum atomic E-state index is -0.344. The summed E-state index contributed by atoms with van der Waals surface area (Å²) in [4.78, 5) is 9.70. The van der Waals surface area contributed by atoms with Crippen molar-refractivity contribution >= 4 is 15.9 Å². The normalized spacial score (nSPS) is 9.55. The largest absolute Gasteiger partial charge is 0.264 e. The fourth-order valence-corrected chi connectivity index (χ4v) is 1.00. The molecular formula is C7H6BrNO2. The molecule has 0 heterocycles. The third kappa shape index (κ3) is 2.67. The molecule has 0 saturated carbocycles. The second kappa shape index (κ2) is 3.48. The van der Waals surface area contributed by atoms with Crippen LogP contribution in [-0.2, 0) is 6.54 Å². The van der Waals surface area contributed by atoms with Crippen LogP contribution in [0.5, 0.6) is 0 Å². The van der Waals surface area contributed by atoms with Gasteiger partial charge in [-0.15, -0.1) is 0 Å². The van der Waals surface area contributed by atoms with E-state index in [-0.39, 0.29) is 11.5 Å². The lowest BCUT2D eigenvalue weighted by Crippen LogP contribution is -1.97. The maximum absolute atomic E-state index is 10.0. The maximum atomic E-state index is 10.0. The SMILES string of the molecule is O=[N+]([O-])Cc1ccc(Br)cc1. The van der Waals surface area contributed by atoms with Gasteiger partial charge in [-0.05, 0) is 12.1 Å². The highest BCUT2D eigenvalue weighted by atomic mass is 79.9. The van der Waals surface area contributed by atoms with Crippen LogP contribution in [0.4, 0.5) is 0 Å². The van der Waals surface area contributed by atoms with Gasteiger partial charge in [-0.25, -0.2) is 0 Å². The summed E-state index contributed by atoms with van der Waals surface area (Å²) in [6.45, 7) is -0.104. The molecule has 0 saturated heterocycles. The third-order valence-electron chi connectivity index (χ3n) is 1.22. The van der Waals surface area contributed by atoms with E-state index in [1.54, 1.807) is 24.3 Å². The van der Waals surface area contributed by atoms with Crippen molar-refractivity contribution in [1.29, 1.82) is 0 Å². The van der Waals surface area contributed by atoms with Crippen molar-refractivity contribution in [1.82, 2.24) is 0 Å². The smallest absolute Gasteiger partial charge is 0.228 e. The van der Waals surface area contributed by atoms with Crippen molar-refractivity contribution in [2.45, 2.75) is 6.54 Å². The number of rotatable bonds is 2. The summed E-state index contributed by atoms with van der Waals surface area (Å²) < 4.78 is 0.935. The number of hydrogen-bond acceptors (Lipinski definition) is 2. The molecular weight excluding hydrogens is 210 g/mol. The van der Waals surface area contributed by atoms with Gasteiger partial charge in [-0.2, -0.15) is 0 Å². The van der Waals surface area contributed by atoms with Gasteiger partial charge in [0.1, 0.15) is 0 Å². The van der Waals surface area contributed by atoms with E-state index in [0.29, 0.717) is 0 Å².